The molecule has 7 nitrogen and oxygen atoms in total. The fourth-order valence-electron chi connectivity index (χ4n) is 3.50. The summed E-state index contributed by atoms with van der Waals surface area (Å²) >= 11 is 0. The molecule has 0 spiro atoms. The van der Waals surface area contributed by atoms with Gasteiger partial charge in [-0.25, -0.2) is 4.68 Å². The Morgan fingerprint density at radius 1 is 1.21 bits per heavy atom. The van der Waals surface area contributed by atoms with E-state index in [0.29, 0.717) is 22.7 Å². The molecule has 0 saturated carbocycles. The minimum atomic E-state index is -0.544. The minimum absolute atomic E-state index is 0.132. The molecule has 0 bridgehead atoms. The van der Waals surface area contributed by atoms with Crippen LogP contribution in [0.15, 0.2) is 66.0 Å². The van der Waals surface area contributed by atoms with E-state index in [2.05, 4.69) is 21.8 Å². The van der Waals surface area contributed by atoms with Gasteiger partial charge in [0.25, 0.3) is 5.91 Å². The van der Waals surface area contributed by atoms with Gasteiger partial charge in [-0.2, -0.15) is 10.4 Å². The molecule has 0 aliphatic carbocycles. The van der Waals surface area contributed by atoms with Crippen molar-refractivity contribution in [2.45, 2.75) is 19.9 Å². The van der Waals surface area contributed by atoms with Crippen molar-refractivity contribution in [1.82, 2.24) is 9.78 Å². The predicted octanol–water partition coefficient (Wildman–Crippen LogP) is 3.70. The number of nitriles is 1. The third-order valence-electron chi connectivity index (χ3n) is 4.99. The number of anilines is 2. The molecule has 2 heterocycles. The Bertz CT molecular complexity index is 1170. The number of nitrogens with one attached hydrogen (secondary N) is 2. The first-order valence-electron chi connectivity index (χ1n) is 9.11. The Morgan fingerprint density at radius 2 is 1.93 bits per heavy atom. The van der Waals surface area contributed by atoms with Crippen molar-refractivity contribution < 1.29 is 9.90 Å². The number of aryl methyl sites for hydroxylation is 1. The van der Waals surface area contributed by atoms with Crippen molar-refractivity contribution in [3.8, 4) is 11.8 Å². The summed E-state index contributed by atoms with van der Waals surface area (Å²) in [6, 6.07) is 15.8. The second-order valence-electron chi connectivity index (χ2n) is 6.89. The summed E-state index contributed by atoms with van der Waals surface area (Å²) in [4.78, 5) is 13.3. The molecular formula is C22H19N5O2. The Kier molecular flexibility index (Phi) is 4.53. The average Bonchev–Trinajstić information content (AvgIpc) is 3.11. The number of para-hydroxylation sites is 1. The summed E-state index contributed by atoms with van der Waals surface area (Å²) in [5.41, 5.74) is 3.97. The molecule has 0 fully saturated rings. The summed E-state index contributed by atoms with van der Waals surface area (Å²) in [6.45, 7) is 3.73. The smallest absolute Gasteiger partial charge is 0.255 e. The summed E-state index contributed by atoms with van der Waals surface area (Å²) in [5.74, 6) is 0.408. The summed E-state index contributed by atoms with van der Waals surface area (Å²) in [7, 11) is 0. The largest absolute Gasteiger partial charge is 0.508 e. The molecule has 29 heavy (non-hydrogen) atoms. The number of hydrogen-bond donors (Lipinski definition) is 3. The van der Waals surface area contributed by atoms with Gasteiger partial charge in [0.2, 0.25) is 0 Å². The number of fused-ring (bicyclic) bond motifs is 1. The van der Waals surface area contributed by atoms with Gasteiger partial charge < -0.3 is 15.7 Å². The van der Waals surface area contributed by atoms with Crippen molar-refractivity contribution in [2.75, 3.05) is 10.6 Å². The van der Waals surface area contributed by atoms with Crippen LogP contribution in [0.5, 0.6) is 5.75 Å². The second kappa shape index (κ2) is 7.17. The lowest BCUT2D eigenvalue weighted by atomic mass is 9.94. The van der Waals surface area contributed by atoms with Gasteiger partial charge in [-0.05, 0) is 43.2 Å². The Balaban J connectivity index is 1.82. The van der Waals surface area contributed by atoms with Gasteiger partial charge in [-0.3, -0.25) is 4.79 Å². The van der Waals surface area contributed by atoms with Gasteiger partial charge in [0.05, 0.1) is 11.8 Å². The zero-order valence-corrected chi connectivity index (χ0v) is 16.0. The molecule has 1 amide bonds. The number of allylic oxidation sites excluding steroid dienone is 1. The Hall–Kier alpha value is -4.05. The van der Waals surface area contributed by atoms with Gasteiger partial charge in [-0.1, -0.05) is 30.3 Å². The molecule has 144 valence electrons. The van der Waals surface area contributed by atoms with Crippen molar-refractivity contribution in [3.63, 3.8) is 0 Å². The van der Waals surface area contributed by atoms with Crippen LogP contribution in [-0.4, -0.2) is 20.8 Å². The highest BCUT2D eigenvalue weighted by Gasteiger charge is 2.34. The van der Waals surface area contributed by atoms with E-state index < -0.39 is 6.04 Å². The lowest BCUT2D eigenvalue weighted by molar-refractivity contribution is -0.113. The van der Waals surface area contributed by atoms with Gasteiger partial charge in [0.15, 0.2) is 0 Å². The van der Waals surface area contributed by atoms with E-state index in [1.54, 1.807) is 35.9 Å². The number of nitrogens with zero attached hydrogens (tertiary/aromatic N) is 3. The molecule has 4 rings (SSSR count). The minimum Gasteiger partial charge on any atom is -0.508 e. The number of carbonyl (C=O) groups is 1. The molecule has 7 heteroatoms. The Labute approximate surface area is 167 Å². The standard InChI is InChI=1S/C22H19N5O2/c1-13-5-3-4-6-18(13)26-22(29)19-14(2)25-21-16(11-23)12-24-27(21)20(19)15-7-9-17(28)10-8-15/h3-10,12,20,25,28H,1-2H3,(H,26,29)/t20-/m1/s1. The van der Waals surface area contributed by atoms with Gasteiger partial charge in [0, 0.05) is 11.4 Å². The lowest BCUT2D eigenvalue weighted by Crippen LogP contribution is -2.31. The van der Waals surface area contributed by atoms with Crippen LogP contribution in [0.4, 0.5) is 11.5 Å². The molecule has 3 N–H and O–H groups in total. The van der Waals surface area contributed by atoms with Gasteiger partial charge in [0.1, 0.15) is 29.2 Å². The second-order valence-corrected chi connectivity index (χ2v) is 6.89. The Morgan fingerprint density at radius 3 is 2.62 bits per heavy atom. The first-order chi connectivity index (χ1) is 14.0. The van der Waals surface area contributed by atoms with Crippen molar-refractivity contribution in [2.24, 2.45) is 0 Å². The SMILES string of the molecule is CC1=C(C(=O)Nc2ccccc2C)[C@@H](c2ccc(O)cc2)n2ncc(C#N)c2N1. The van der Waals surface area contributed by atoms with E-state index in [4.69, 9.17) is 0 Å². The van der Waals surface area contributed by atoms with Gasteiger partial charge in [-0.15, -0.1) is 0 Å². The fraction of sp³-hybridized carbons (Fsp3) is 0.136. The zero-order valence-electron chi connectivity index (χ0n) is 16.0. The van der Waals surface area contributed by atoms with Gasteiger partial charge >= 0.3 is 0 Å². The van der Waals surface area contributed by atoms with E-state index in [1.165, 1.54) is 6.20 Å². The molecule has 1 aliphatic heterocycles. The number of benzene rings is 2. The van der Waals surface area contributed by atoms with Crippen molar-refractivity contribution in [3.05, 3.63) is 82.7 Å². The molecule has 0 unspecified atom stereocenters. The number of phenols is 1. The first-order valence-corrected chi connectivity index (χ1v) is 9.11. The number of phenolic OH excluding ortho intramolecular Hbond substituents is 1. The van der Waals surface area contributed by atoms with Crippen LogP contribution >= 0.6 is 0 Å². The van der Waals surface area contributed by atoms with Crippen LogP contribution in [0.3, 0.4) is 0 Å². The topological polar surface area (TPSA) is 103 Å². The maximum Gasteiger partial charge on any atom is 0.255 e. The highest BCUT2D eigenvalue weighted by atomic mass is 16.3. The van der Waals surface area contributed by atoms with Crippen molar-refractivity contribution in [1.29, 1.82) is 5.26 Å². The summed E-state index contributed by atoms with van der Waals surface area (Å²) < 4.78 is 1.63. The van der Waals surface area contributed by atoms with Crippen LogP contribution < -0.4 is 10.6 Å². The summed E-state index contributed by atoms with van der Waals surface area (Å²) in [5, 5.41) is 29.6. The molecule has 1 atom stereocenters. The number of amides is 1. The average molecular weight is 385 g/mol. The molecule has 3 aromatic rings. The third-order valence-corrected chi connectivity index (χ3v) is 4.99. The van der Waals surface area contributed by atoms with Crippen molar-refractivity contribution >= 4 is 17.4 Å². The quantitative estimate of drug-likeness (QED) is 0.638. The normalized spacial score (nSPS) is 15.3. The molecule has 1 aliphatic rings. The van der Waals surface area contributed by atoms with E-state index in [1.807, 2.05) is 31.2 Å². The summed E-state index contributed by atoms with van der Waals surface area (Å²) in [6.07, 6.45) is 1.48. The highest BCUT2D eigenvalue weighted by Crippen LogP contribution is 2.38. The monoisotopic (exact) mass is 385 g/mol. The number of aromatic hydroxyl groups is 1. The van der Waals surface area contributed by atoms with E-state index in [0.717, 1.165) is 16.8 Å². The third kappa shape index (κ3) is 3.21. The van der Waals surface area contributed by atoms with Crippen LogP contribution in [0, 0.1) is 18.3 Å². The fourth-order valence-corrected chi connectivity index (χ4v) is 3.50. The van der Waals surface area contributed by atoms with Crippen LogP contribution in [0.1, 0.15) is 29.7 Å². The number of carbonyl (C=O) groups excluding carboxylic acids is 1. The first kappa shape index (κ1) is 18.3. The van der Waals surface area contributed by atoms with Crippen LogP contribution in [-0.2, 0) is 4.79 Å². The molecule has 0 saturated heterocycles. The van der Waals surface area contributed by atoms with Crippen LogP contribution in [0.2, 0.25) is 0 Å². The molecule has 2 aromatic carbocycles. The number of rotatable bonds is 3. The maximum absolute atomic E-state index is 13.3. The van der Waals surface area contributed by atoms with E-state index >= 15 is 0 Å². The van der Waals surface area contributed by atoms with Crippen LogP contribution in [0.25, 0.3) is 0 Å². The maximum atomic E-state index is 13.3. The zero-order chi connectivity index (χ0) is 20.5. The number of aromatic nitrogens is 2. The highest BCUT2D eigenvalue weighted by molar-refractivity contribution is 6.06. The molecule has 0 radical (unpaired) electrons. The van der Waals surface area contributed by atoms with E-state index in [9.17, 15) is 15.2 Å². The molecular weight excluding hydrogens is 366 g/mol. The lowest BCUT2D eigenvalue weighted by Gasteiger charge is -2.30. The predicted molar refractivity (Wildman–Crippen MR) is 109 cm³/mol. The molecule has 1 aromatic heterocycles. The number of hydrogen-bond acceptors (Lipinski definition) is 5. The van der Waals surface area contributed by atoms with E-state index in [-0.39, 0.29) is 11.7 Å².